The number of hydrogen-bond acceptors (Lipinski definition) is 4. The van der Waals surface area contributed by atoms with E-state index >= 15 is 0 Å². The molecule has 0 amide bonds. The summed E-state index contributed by atoms with van der Waals surface area (Å²) in [6.45, 7) is 8.55. The van der Waals surface area contributed by atoms with Crippen molar-refractivity contribution in [2.45, 2.75) is 13.5 Å². The molecule has 0 aliphatic carbocycles. The van der Waals surface area contributed by atoms with E-state index in [1.165, 1.54) is 0 Å². The zero-order valence-electron chi connectivity index (χ0n) is 12.4. The third kappa shape index (κ3) is 6.70. The third-order valence-corrected chi connectivity index (χ3v) is 3.25. The zero-order chi connectivity index (χ0) is 15.7. The van der Waals surface area contributed by atoms with Gasteiger partial charge in [0, 0.05) is 25.2 Å². The van der Waals surface area contributed by atoms with Crippen LogP contribution in [0, 0.1) is 0 Å². The molecule has 1 aromatic carbocycles. The summed E-state index contributed by atoms with van der Waals surface area (Å²) in [6.07, 6.45) is 0. The molecule has 0 fully saturated rings. The van der Waals surface area contributed by atoms with Gasteiger partial charge in [-0.15, -0.1) is 0 Å². The van der Waals surface area contributed by atoms with Crippen molar-refractivity contribution in [2.24, 2.45) is 0 Å². The van der Waals surface area contributed by atoms with Gasteiger partial charge in [0.15, 0.2) is 11.5 Å². The van der Waals surface area contributed by atoms with Crippen LogP contribution in [0.25, 0.3) is 0 Å². The Kier molecular flexibility index (Phi) is 8.76. The van der Waals surface area contributed by atoms with Crippen molar-refractivity contribution in [2.75, 3.05) is 33.5 Å². The lowest BCUT2D eigenvalue weighted by Gasteiger charge is -2.15. The molecular formula is C15H21BrClNO3. The van der Waals surface area contributed by atoms with Crippen molar-refractivity contribution in [1.29, 1.82) is 0 Å². The van der Waals surface area contributed by atoms with Crippen molar-refractivity contribution < 1.29 is 14.2 Å². The maximum Gasteiger partial charge on any atom is 0.175 e. The molecule has 0 aliphatic rings. The number of benzene rings is 1. The Morgan fingerprint density at radius 1 is 1.38 bits per heavy atom. The molecule has 0 spiro atoms. The van der Waals surface area contributed by atoms with Gasteiger partial charge in [-0.2, -0.15) is 0 Å². The van der Waals surface area contributed by atoms with Gasteiger partial charge in [0.25, 0.3) is 0 Å². The Balaban J connectivity index is 2.81. The number of ether oxygens (including phenoxy) is 3. The molecule has 1 aromatic rings. The molecule has 0 aromatic heterocycles. The number of nitrogens with one attached hydrogen (secondary N) is 1. The smallest absolute Gasteiger partial charge is 0.175 e. The standard InChI is InChI=1S/C15H21BrClNO3/c1-4-20-14-8-12(9-18-5-6-19-3)7-13(16)15(14)21-10-11(2)17/h7-8,18H,2,4-6,9-10H2,1,3H3. The maximum atomic E-state index is 5.74. The van der Waals surface area contributed by atoms with Crippen LogP contribution in [0.1, 0.15) is 12.5 Å². The monoisotopic (exact) mass is 377 g/mol. The van der Waals surface area contributed by atoms with Crippen LogP contribution < -0.4 is 14.8 Å². The Hall–Kier alpha value is -0.750. The van der Waals surface area contributed by atoms with E-state index in [2.05, 4.69) is 27.8 Å². The molecule has 118 valence electrons. The van der Waals surface area contributed by atoms with Gasteiger partial charge in [0.05, 0.1) is 17.7 Å². The van der Waals surface area contributed by atoms with Crippen molar-refractivity contribution in [3.05, 3.63) is 33.8 Å². The van der Waals surface area contributed by atoms with Gasteiger partial charge in [-0.1, -0.05) is 18.2 Å². The van der Waals surface area contributed by atoms with Crippen LogP contribution in [0.15, 0.2) is 28.2 Å². The normalized spacial score (nSPS) is 10.5. The second kappa shape index (κ2) is 10.1. The molecule has 0 aliphatic heterocycles. The van der Waals surface area contributed by atoms with E-state index in [1.54, 1.807) is 7.11 Å². The number of halogens is 2. The molecule has 1 N–H and O–H groups in total. The number of rotatable bonds is 10. The van der Waals surface area contributed by atoms with Gasteiger partial charge in [-0.3, -0.25) is 0 Å². The lowest BCUT2D eigenvalue weighted by Crippen LogP contribution is -2.18. The second-order valence-electron chi connectivity index (χ2n) is 4.31. The fourth-order valence-corrected chi connectivity index (χ4v) is 2.34. The Bertz CT molecular complexity index is 468. The molecule has 0 heterocycles. The highest BCUT2D eigenvalue weighted by molar-refractivity contribution is 9.10. The number of methoxy groups -OCH3 is 1. The van der Waals surface area contributed by atoms with E-state index in [-0.39, 0.29) is 6.61 Å². The van der Waals surface area contributed by atoms with Gasteiger partial charge in [0.2, 0.25) is 0 Å². The predicted octanol–water partition coefficient (Wildman–Crippen LogP) is 3.72. The molecule has 0 bridgehead atoms. The topological polar surface area (TPSA) is 39.7 Å². The first-order valence-corrected chi connectivity index (χ1v) is 7.86. The van der Waals surface area contributed by atoms with Crippen molar-refractivity contribution >= 4 is 27.5 Å². The van der Waals surface area contributed by atoms with Crippen LogP contribution in [-0.2, 0) is 11.3 Å². The quantitative estimate of drug-likeness (QED) is 0.630. The minimum atomic E-state index is 0.242. The van der Waals surface area contributed by atoms with Crippen molar-refractivity contribution in [3.63, 3.8) is 0 Å². The summed E-state index contributed by atoms with van der Waals surface area (Å²) < 4.78 is 17.1. The maximum absolute atomic E-state index is 5.74. The Morgan fingerprint density at radius 3 is 2.76 bits per heavy atom. The van der Waals surface area contributed by atoms with E-state index in [9.17, 15) is 0 Å². The summed E-state index contributed by atoms with van der Waals surface area (Å²) in [4.78, 5) is 0. The summed E-state index contributed by atoms with van der Waals surface area (Å²) in [7, 11) is 1.68. The number of hydrogen-bond donors (Lipinski definition) is 1. The fraction of sp³-hybridized carbons (Fsp3) is 0.467. The van der Waals surface area contributed by atoms with Crippen LogP contribution in [0.5, 0.6) is 11.5 Å². The summed E-state index contributed by atoms with van der Waals surface area (Å²) in [6, 6.07) is 3.95. The van der Waals surface area contributed by atoms with E-state index in [0.717, 1.165) is 23.1 Å². The molecule has 1 rings (SSSR count). The van der Waals surface area contributed by atoms with Crippen LogP contribution >= 0.6 is 27.5 Å². The Morgan fingerprint density at radius 2 is 2.14 bits per heavy atom. The first kappa shape index (κ1) is 18.3. The second-order valence-corrected chi connectivity index (χ2v) is 5.70. The third-order valence-electron chi connectivity index (χ3n) is 2.55. The summed E-state index contributed by atoms with van der Waals surface area (Å²) in [5.41, 5.74) is 1.10. The van der Waals surface area contributed by atoms with Crippen molar-refractivity contribution in [3.8, 4) is 11.5 Å². The molecular weight excluding hydrogens is 358 g/mol. The van der Waals surface area contributed by atoms with E-state index in [4.69, 9.17) is 25.8 Å². The average molecular weight is 379 g/mol. The largest absolute Gasteiger partial charge is 0.490 e. The molecule has 6 heteroatoms. The highest BCUT2D eigenvalue weighted by Crippen LogP contribution is 2.37. The van der Waals surface area contributed by atoms with Gasteiger partial charge < -0.3 is 19.5 Å². The van der Waals surface area contributed by atoms with Crippen molar-refractivity contribution in [1.82, 2.24) is 5.32 Å². The summed E-state index contributed by atoms with van der Waals surface area (Å²) >= 11 is 9.25. The van der Waals surface area contributed by atoms with Crippen LogP contribution in [0.3, 0.4) is 0 Å². The Labute approximate surface area is 139 Å². The first-order chi connectivity index (χ1) is 10.1. The SMILES string of the molecule is C=C(Cl)COc1c(Br)cc(CNCCOC)cc1OCC. The molecule has 0 atom stereocenters. The minimum absolute atomic E-state index is 0.242. The molecule has 0 saturated heterocycles. The highest BCUT2D eigenvalue weighted by Gasteiger charge is 2.12. The lowest BCUT2D eigenvalue weighted by molar-refractivity contribution is 0.199. The van der Waals surface area contributed by atoms with Crippen LogP contribution in [-0.4, -0.2) is 33.5 Å². The zero-order valence-corrected chi connectivity index (χ0v) is 14.7. The predicted molar refractivity (Wildman–Crippen MR) is 89.4 cm³/mol. The highest BCUT2D eigenvalue weighted by atomic mass is 79.9. The van der Waals surface area contributed by atoms with Gasteiger partial charge in [-0.25, -0.2) is 0 Å². The minimum Gasteiger partial charge on any atom is -0.490 e. The first-order valence-electron chi connectivity index (χ1n) is 6.69. The van der Waals surface area contributed by atoms with Gasteiger partial charge >= 0.3 is 0 Å². The van der Waals surface area contributed by atoms with Gasteiger partial charge in [-0.05, 0) is 40.5 Å². The molecule has 21 heavy (non-hydrogen) atoms. The molecule has 4 nitrogen and oxygen atoms in total. The fourth-order valence-electron chi connectivity index (χ4n) is 1.68. The average Bonchev–Trinajstić information content (AvgIpc) is 2.43. The van der Waals surface area contributed by atoms with E-state index in [0.29, 0.717) is 29.7 Å². The van der Waals surface area contributed by atoms with Crippen LogP contribution in [0.4, 0.5) is 0 Å². The molecule has 0 saturated carbocycles. The van der Waals surface area contributed by atoms with Crippen LogP contribution in [0.2, 0.25) is 0 Å². The molecule has 0 radical (unpaired) electrons. The summed E-state index contributed by atoms with van der Waals surface area (Å²) in [5, 5.41) is 3.73. The summed E-state index contributed by atoms with van der Waals surface area (Å²) in [5.74, 6) is 1.33. The van der Waals surface area contributed by atoms with E-state index < -0.39 is 0 Å². The lowest BCUT2D eigenvalue weighted by atomic mass is 10.2. The van der Waals surface area contributed by atoms with E-state index in [1.807, 2.05) is 19.1 Å². The van der Waals surface area contributed by atoms with Gasteiger partial charge in [0.1, 0.15) is 6.61 Å². The molecule has 0 unspecified atom stereocenters.